The molecule has 4 nitrogen and oxygen atoms in total. The predicted molar refractivity (Wildman–Crippen MR) is 68.7 cm³/mol. The third-order valence-electron chi connectivity index (χ3n) is 3.81. The van der Waals surface area contributed by atoms with E-state index < -0.39 is 30.6 Å². The number of aromatic amines is 1. The van der Waals surface area contributed by atoms with Crippen LogP contribution in [0.1, 0.15) is 36.7 Å². The molecule has 1 aromatic rings. The van der Waals surface area contributed by atoms with Crippen LogP contribution in [0.3, 0.4) is 0 Å². The van der Waals surface area contributed by atoms with E-state index in [1.165, 1.54) is 0 Å². The molecule has 2 rings (SSSR count). The van der Waals surface area contributed by atoms with Crippen LogP contribution in [0, 0.1) is 0 Å². The van der Waals surface area contributed by atoms with Gasteiger partial charge >= 0.3 is 12.4 Å². The lowest BCUT2D eigenvalue weighted by molar-refractivity contribution is -0.155. The summed E-state index contributed by atoms with van der Waals surface area (Å²) in [5.74, 6) is 0.0509. The lowest BCUT2D eigenvalue weighted by Gasteiger charge is -2.32. The van der Waals surface area contributed by atoms with E-state index in [-0.39, 0.29) is 18.3 Å². The van der Waals surface area contributed by atoms with Crippen molar-refractivity contribution >= 4 is 0 Å². The summed E-state index contributed by atoms with van der Waals surface area (Å²) >= 11 is 0. The molecule has 1 aliphatic heterocycles. The zero-order chi connectivity index (χ0) is 17.3. The number of likely N-dealkylation sites (tertiary alicyclic amines) is 1. The van der Waals surface area contributed by atoms with Gasteiger partial charge in [-0.15, -0.1) is 0 Å². The van der Waals surface area contributed by atoms with Crippen LogP contribution in [0.15, 0.2) is 6.20 Å². The van der Waals surface area contributed by atoms with Crippen LogP contribution in [0.4, 0.5) is 26.3 Å². The Bertz CT molecular complexity index is 505. The van der Waals surface area contributed by atoms with Gasteiger partial charge in [-0.1, -0.05) is 0 Å². The van der Waals surface area contributed by atoms with Crippen molar-refractivity contribution in [3.63, 3.8) is 0 Å². The molecule has 132 valence electrons. The van der Waals surface area contributed by atoms with Crippen LogP contribution in [-0.4, -0.2) is 51.9 Å². The Balaban J connectivity index is 1.83. The van der Waals surface area contributed by atoms with E-state index in [0.717, 1.165) is 6.20 Å². The Morgan fingerprint density at radius 3 is 2.30 bits per heavy atom. The van der Waals surface area contributed by atoms with Gasteiger partial charge in [0.05, 0.1) is 18.7 Å². The smallest absolute Gasteiger partial charge is 0.391 e. The maximum Gasteiger partial charge on any atom is 0.432 e. The van der Waals surface area contributed by atoms with Crippen molar-refractivity contribution in [2.24, 2.45) is 0 Å². The highest BCUT2D eigenvalue weighted by Gasteiger charge is 2.35. The summed E-state index contributed by atoms with van der Waals surface area (Å²) in [4.78, 5) is 7.69. The van der Waals surface area contributed by atoms with Crippen LogP contribution in [0.2, 0.25) is 0 Å². The number of nitrogens with one attached hydrogen (secondary N) is 1. The molecule has 0 radical (unpaired) electrons. The number of imidazole rings is 1. The molecule has 0 saturated carbocycles. The standard InChI is InChI=1S/C13H17F6N3O/c14-12(15,16)5-9(23)7-22-3-1-8(2-4-22)11-20-6-10(21-11)13(17,18)19/h6,8-9,23H,1-5,7H2,(H,20,21). The van der Waals surface area contributed by atoms with Gasteiger partial charge in [0.25, 0.3) is 0 Å². The summed E-state index contributed by atoms with van der Waals surface area (Å²) in [6.07, 6.45) is -9.96. The first-order valence-corrected chi connectivity index (χ1v) is 7.14. The van der Waals surface area contributed by atoms with E-state index >= 15 is 0 Å². The molecule has 0 aromatic carbocycles. The van der Waals surface area contributed by atoms with Crippen molar-refractivity contribution in [3.05, 3.63) is 17.7 Å². The summed E-state index contributed by atoms with van der Waals surface area (Å²) in [5.41, 5.74) is -0.907. The number of aliphatic hydroxyl groups is 1. The van der Waals surface area contributed by atoms with Crippen molar-refractivity contribution in [3.8, 4) is 0 Å². The number of hydrogen-bond donors (Lipinski definition) is 2. The number of halogens is 6. The van der Waals surface area contributed by atoms with E-state index in [2.05, 4.69) is 9.97 Å². The number of aromatic nitrogens is 2. The first kappa shape index (κ1) is 18.1. The van der Waals surface area contributed by atoms with Gasteiger partial charge in [-0.05, 0) is 25.9 Å². The van der Waals surface area contributed by atoms with Crippen LogP contribution in [0.5, 0.6) is 0 Å². The van der Waals surface area contributed by atoms with Crippen molar-refractivity contribution in [2.45, 2.75) is 43.6 Å². The number of aliphatic hydroxyl groups excluding tert-OH is 1. The SMILES string of the molecule is OC(CN1CCC(c2ncc(C(F)(F)F)[nH]2)CC1)CC(F)(F)F. The maximum absolute atomic E-state index is 12.5. The first-order chi connectivity index (χ1) is 10.5. The second-order valence-corrected chi connectivity index (χ2v) is 5.73. The van der Waals surface area contributed by atoms with E-state index in [1.807, 2.05) is 0 Å². The van der Waals surface area contributed by atoms with E-state index in [1.54, 1.807) is 4.90 Å². The Labute approximate surface area is 128 Å². The molecule has 10 heteroatoms. The molecule has 23 heavy (non-hydrogen) atoms. The molecule has 1 aliphatic rings. The number of hydrogen-bond acceptors (Lipinski definition) is 3. The summed E-state index contributed by atoms with van der Waals surface area (Å²) in [6, 6.07) is 0. The number of piperidine rings is 1. The minimum atomic E-state index is -4.48. The lowest BCUT2D eigenvalue weighted by atomic mass is 9.96. The monoisotopic (exact) mass is 345 g/mol. The Kier molecular flexibility index (Phi) is 5.24. The third-order valence-corrected chi connectivity index (χ3v) is 3.81. The zero-order valence-corrected chi connectivity index (χ0v) is 12.1. The fraction of sp³-hybridized carbons (Fsp3) is 0.769. The number of alkyl halides is 6. The van der Waals surface area contributed by atoms with Crippen molar-refractivity contribution in [1.82, 2.24) is 14.9 Å². The van der Waals surface area contributed by atoms with Crippen LogP contribution in [0.25, 0.3) is 0 Å². The van der Waals surface area contributed by atoms with Gasteiger partial charge in [0.15, 0.2) is 0 Å². The van der Waals surface area contributed by atoms with Gasteiger partial charge in [0, 0.05) is 12.5 Å². The topological polar surface area (TPSA) is 52.1 Å². The molecular weight excluding hydrogens is 328 g/mol. The summed E-state index contributed by atoms with van der Waals surface area (Å²) in [7, 11) is 0. The van der Waals surface area contributed by atoms with E-state index in [4.69, 9.17) is 0 Å². The summed E-state index contributed by atoms with van der Waals surface area (Å²) in [5, 5.41) is 9.41. The van der Waals surface area contributed by atoms with Crippen molar-refractivity contribution in [2.75, 3.05) is 19.6 Å². The molecule has 0 amide bonds. The molecule has 0 bridgehead atoms. The van der Waals surface area contributed by atoms with Gasteiger partial charge in [-0.25, -0.2) is 4.98 Å². The minimum absolute atomic E-state index is 0.0990. The second-order valence-electron chi connectivity index (χ2n) is 5.73. The Morgan fingerprint density at radius 2 is 1.83 bits per heavy atom. The number of β-amino-alcohol motifs (C(OH)–C–C–N with tert-alkyl or cyclic N) is 1. The van der Waals surface area contributed by atoms with Gasteiger partial charge in [-0.3, -0.25) is 0 Å². The highest BCUT2D eigenvalue weighted by atomic mass is 19.4. The molecule has 1 atom stereocenters. The molecule has 1 saturated heterocycles. The minimum Gasteiger partial charge on any atom is -0.391 e. The quantitative estimate of drug-likeness (QED) is 0.825. The van der Waals surface area contributed by atoms with Gasteiger partial charge in [0.1, 0.15) is 11.5 Å². The van der Waals surface area contributed by atoms with E-state index in [9.17, 15) is 31.4 Å². The molecule has 0 spiro atoms. The van der Waals surface area contributed by atoms with Gasteiger partial charge in [-0.2, -0.15) is 26.3 Å². The molecule has 1 unspecified atom stereocenters. The highest BCUT2D eigenvalue weighted by molar-refractivity contribution is 5.09. The fourth-order valence-electron chi connectivity index (χ4n) is 2.71. The average molecular weight is 345 g/mol. The molecule has 2 heterocycles. The molecular formula is C13H17F6N3O. The number of rotatable bonds is 4. The van der Waals surface area contributed by atoms with Crippen LogP contribution in [-0.2, 0) is 6.18 Å². The van der Waals surface area contributed by atoms with E-state index in [0.29, 0.717) is 25.9 Å². The Morgan fingerprint density at radius 1 is 1.22 bits per heavy atom. The molecule has 0 aliphatic carbocycles. The van der Waals surface area contributed by atoms with Crippen molar-refractivity contribution < 1.29 is 31.4 Å². The molecule has 1 aromatic heterocycles. The highest BCUT2D eigenvalue weighted by Crippen LogP contribution is 2.31. The fourth-order valence-corrected chi connectivity index (χ4v) is 2.71. The predicted octanol–water partition coefficient (Wildman–Crippen LogP) is 2.92. The normalized spacial score (nSPS) is 20.0. The van der Waals surface area contributed by atoms with Gasteiger partial charge in [0.2, 0.25) is 0 Å². The van der Waals surface area contributed by atoms with Crippen LogP contribution < -0.4 is 0 Å². The van der Waals surface area contributed by atoms with Crippen LogP contribution >= 0.6 is 0 Å². The Hall–Kier alpha value is -1.29. The molecule has 1 fully saturated rings. The maximum atomic E-state index is 12.5. The molecule has 2 N–H and O–H groups in total. The first-order valence-electron chi connectivity index (χ1n) is 7.14. The second kappa shape index (κ2) is 6.68. The lowest BCUT2D eigenvalue weighted by Crippen LogP contribution is -2.39. The summed E-state index contributed by atoms with van der Waals surface area (Å²) < 4.78 is 74.0. The number of H-pyrrole nitrogens is 1. The largest absolute Gasteiger partial charge is 0.432 e. The average Bonchev–Trinajstić information content (AvgIpc) is 2.86. The summed E-state index contributed by atoms with van der Waals surface area (Å²) in [6.45, 7) is 0.710. The van der Waals surface area contributed by atoms with Crippen molar-refractivity contribution in [1.29, 1.82) is 0 Å². The van der Waals surface area contributed by atoms with Gasteiger partial charge < -0.3 is 15.0 Å². The number of nitrogens with zero attached hydrogens (tertiary/aromatic N) is 2. The zero-order valence-electron chi connectivity index (χ0n) is 12.1. The third kappa shape index (κ3) is 5.38.